The third-order valence-electron chi connectivity index (χ3n) is 2.33. The van der Waals surface area contributed by atoms with E-state index in [2.05, 4.69) is 17.8 Å². The van der Waals surface area contributed by atoms with Crippen LogP contribution in [0.4, 0.5) is 4.39 Å². The van der Waals surface area contributed by atoms with E-state index in [1.807, 2.05) is 18.4 Å². The Hall–Kier alpha value is -2.03. The third kappa shape index (κ3) is 2.56. The first-order valence-corrected chi connectivity index (χ1v) is 5.91. The maximum absolute atomic E-state index is 13.1. The zero-order chi connectivity index (χ0) is 12.3. The normalized spacial score (nSPS) is 9.24. The molecule has 17 heavy (non-hydrogen) atoms. The van der Waals surface area contributed by atoms with Crippen molar-refractivity contribution in [2.45, 2.75) is 6.92 Å². The van der Waals surface area contributed by atoms with Crippen molar-refractivity contribution in [3.8, 4) is 24.2 Å². The number of thiophene rings is 1. The van der Waals surface area contributed by atoms with Gasteiger partial charge in [-0.05, 0) is 42.0 Å². The van der Waals surface area contributed by atoms with E-state index in [-0.39, 0.29) is 5.82 Å². The average molecular weight is 240 g/mol. The van der Waals surface area contributed by atoms with Crippen LogP contribution in [0.15, 0.2) is 29.6 Å². The SMILES string of the molecule is C#Cc1ccsc1C#Cc1cc(F)ccc1C. The Bertz CT molecular complexity index is 648. The van der Waals surface area contributed by atoms with Crippen LogP contribution in [0.3, 0.4) is 0 Å². The highest BCUT2D eigenvalue weighted by molar-refractivity contribution is 7.10. The van der Waals surface area contributed by atoms with Crippen LogP contribution in [0.2, 0.25) is 0 Å². The van der Waals surface area contributed by atoms with E-state index in [1.165, 1.54) is 23.5 Å². The predicted molar refractivity (Wildman–Crippen MR) is 69.4 cm³/mol. The second kappa shape index (κ2) is 4.87. The first-order chi connectivity index (χ1) is 8.20. The van der Waals surface area contributed by atoms with E-state index in [0.29, 0.717) is 5.56 Å². The molecule has 0 aliphatic rings. The smallest absolute Gasteiger partial charge is 0.124 e. The molecule has 2 heteroatoms. The fourth-order valence-electron chi connectivity index (χ4n) is 1.37. The van der Waals surface area contributed by atoms with Gasteiger partial charge in [0.1, 0.15) is 5.82 Å². The van der Waals surface area contributed by atoms with Crippen molar-refractivity contribution in [2.75, 3.05) is 0 Å². The van der Waals surface area contributed by atoms with Gasteiger partial charge in [0, 0.05) is 5.56 Å². The second-order valence-electron chi connectivity index (χ2n) is 3.52. The van der Waals surface area contributed by atoms with Crippen molar-refractivity contribution in [2.24, 2.45) is 0 Å². The van der Waals surface area contributed by atoms with Crippen molar-refractivity contribution in [1.29, 1.82) is 0 Å². The highest BCUT2D eigenvalue weighted by Gasteiger charge is 1.99. The minimum atomic E-state index is -0.275. The lowest BCUT2D eigenvalue weighted by Crippen LogP contribution is -1.84. The molecule has 0 fully saturated rings. The molecule has 0 saturated carbocycles. The molecule has 82 valence electrons. The maximum Gasteiger partial charge on any atom is 0.124 e. The minimum absolute atomic E-state index is 0.275. The highest BCUT2D eigenvalue weighted by atomic mass is 32.1. The maximum atomic E-state index is 13.1. The summed E-state index contributed by atoms with van der Waals surface area (Å²) in [6.07, 6.45) is 5.35. The largest absolute Gasteiger partial charge is 0.207 e. The first kappa shape index (κ1) is 11.5. The molecule has 1 heterocycles. The zero-order valence-corrected chi connectivity index (χ0v) is 10.1. The molecule has 1 aromatic carbocycles. The Morgan fingerprint density at radius 1 is 1.18 bits per heavy atom. The van der Waals surface area contributed by atoms with Crippen molar-refractivity contribution < 1.29 is 4.39 Å². The van der Waals surface area contributed by atoms with Gasteiger partial charge in [0.05, 0.1) is 10.4 Å². The lowest BCUT2D eigenvalue weighted by atomic mass is 10.1. The zero-order valence-electron chi connectivity index (χ0n) is 9.25. The number of rotatable bonds is 0. The van der Waals surface area contributed by atoms with E-state index >= 15 is 0 Å². The minimum Gasteiger partial charge on any atom is -0.207 e. The summed E-state index contributed by atoms with van der Waals surface area (Å²) in [6, 6.07) is 6.44. The summed E-state index contributed by atoms with van der Waals surface area (Å²) < 4.78 is 13.1. The molecule has 0 aliphatic carbocycles. The van der Waals surface area contributed by atoms with Gasteiger partial charge in [0.25, 0.3) is 0 Å². The summed E-state index contributed by atoms with van der Waals surface area (Å²) in [6.45, 7) is 1.90. The van der Waals surface area contributed by atoms with Gasteiger partial charge >= 0.3 is 0 Å². The van der Waals surface area contributed by atoms with Crippen LogP contribution in [-0.2, 0) is 0 Å². The molecule has 0 aliphatic heterocycles. The van der Waals surface area contributed by atoms with Gasteiger partial charge < -0.3 is 0 Å². The Morgan fingerprint density at radius 2 is 2.00 bits per heavy atom. The standard InChI is InChI=1S/C15H9FS/c1-3-12-8-9-17-15(12)7-5-13-10-14(16)6-4-11(13)2/h1,4,6,8-10H,2H3. The monoisotopic (exact) mass is 240 g/mol. The van der Waals surface area contributed by atoms with Crippen molar-refractivity contribution in [3.63, 3.8) is 0 Å². The van der Waals surface area contributed by atoms with Gasteiger partial charge in [-0.15, -0.1) is 17.8 Å². The van der Waals surface area contributed by atoms with Gasteiger partial charge in [-0.2, -0.15) is 0 Å². The predicted octanol–water partition coefficient (Wildman–Crippen LogP) is 3.58. The molecule has 0 bridgehead atoms. The summed E-state index contributed by atoms with van der Waals surface area (Å²) in [5, 5.41) is 1.90. The number of hydrogen-bond donors (Lipinski definition) is 0. The Kier molecular flexibility index (Phi) is 3.28. The topological polar surface area (TPSA) is 0 Å². The summed E-state index contributed by atoms with van der Waals surface area (Å²) >= 11 is 1.49. The molecule has 2 aromatic rings. The average Bonchev–Trinajstić information content (AvgIpc) is 2.77. The fourth-order valence-corrected chi connectivity index (χ4v) is 2.08. The number of aryl methyl sites for hydroxylation is 1. The van der Waals surface area contributed by atoms with Gasteiger partial charge in [-0.1, -0.05) is 17.9 Å². The molecule has 0 N–H and O–H groups in total. The lowest BCUT2D eigenvalue weighted by molar-refractivity contribution is 0.627. The Labute approximate surface area is 104 Å². The quantitative estimate of drug-likeness (QED) is 0.617. The van der Waals surface area contributed by atoms with E-state index in [9.17, 15) is 4.39 Å². The number of halogens is 1. The lowest BCUT2D eigenvalue weighted by Gasteiger charge is -1.96. The van der Waals surface area contributed by atoms with Gasteiger partial charge in [0.15, 0.2) is 0 Å². The van der Waals surface area contributed by atoms with Gasteiger partial charge in [0.2, 0.25) is 0 Å². The Balaban J connectivity index is 2.40. The molecule has 1 aromatic heterocycles. The van der Waals surface area contributed by atoms with Crippen LogP contribution in [0.5, 0.6) is 0 Å². The van der Waals surface area contributed by atoms with Crippen molar-refractivity contribution in [1.82, 2.24) is 0 Å². The number of benzene rings is 1. The first-order valence-electron chi connectivity index (χ1n) is 5.03. The Morgan fingerprint density at radius 3 is 2.76 bits per heavy atom. The number of hydrogen-bond acceptors (Lipinski definition) is 1. The van der Waals surface area contributed by atoms with E-state index in [1.54, 1.807) is 6.07 Å². The van der Waals surface area contributed by atoms with Crippen LogP contribution in [0.25, 0.3) is 0 Å². The molecule has 0 atom stereocenters. The van der Waals surface area contributed by atoms with Crippen molar-refractivity contribution in [3.05, 3.63) is 57.0 Å². The molecule has 0 nitrogen and oxygen atoms in total. The molecule has 0 spiro atoms. The molecule has 0 radical (unpaired) electrons. The molecular formula is C15H9FS. The molecule has 0 unspecified atom stereocenters. The molecule has 0 amide bonds. The van der Waals surface area contributed by atoms with Gasteiger partial charge in [-0.25, -0.2) is 4.39 Å². The van der Waals surface area contributed by atoms with Crippen LogP contribution in [0, 0.1) is 36.9 Å². The second-order valence-corrected chi connectivity index (χ2v) is 4.43. The fraction of sp³-hybridized carbons (Fsp3) is 0.0667. The summed E-state index contributed by atoms with van der Waals surface area (Å²) in [5.74, 6) is 8.24. The molecule has 0 saturated heterocycles. The van der Waals surface area contributed by atoms with E-state index in [0.717, 1.165) is 16.0 Å². The van der Waals surface area contributed by atoms with Crippen LogP contribution < -0.4 is 0 Å². The summed E-state index contributed by atoms with van der Waals surface area (Å²) in [5.41, 5.74) is 2.44. The highest BCUT2D eigenvalue weighted by Crippen LogP contribution is 2.15. The van der Waals surface area contributed by atoms with E-state index < -0.39 is 0 Å². The van der Waals surface area contributed by atoms with Crippen LogP contribution >= 0.6 is 11.3 Å². The summed E-state index contributed by atoms with van der Waals surface area (Å²) in [7, 11) is 0. The molecule has 2 rings (SSSR count). The van der Waals surface area contributed by atoms with Gasteiger partial charge in [-0.3, -0.25) is 0 Å². The van der Waals surface area contributed by atoms with Crippen molar-refractivity contribution >= 4 is 11.3 Å². The number of terminal acetylenes is 1. The third-order valence-corrected chi connectivity index (χ3v) is 3.16. The summed E-state index contributed by atoms with van der Waals surface area (Å²) in [4.78, 5) is 0.844. The van der Waals surface area contributed by atoms with E-state index in [4.69, 9.17) is 6.42 Å². The van der Waals surface area contributed by atoms with Crippen LogP contribution in [0.1, 0.15) is 21.6 Å². The molecular weight excluding hydrogens is 231 g/mol. The van der Waals surface area contributed by atoms with Crippen LogP contribution in [-0.4, -0.2) is 0 Å².